The van der Waals surface area contributed by atoms with Gasteiger partial charge in [0.25, 0.3) is 0 Å². The molecular weight excluding hydrogens is 141 g/mol. The summed E-state index contributed by atoms with van der Waals surface area (Å²) >= 11 is 0. The number of benzene rings is 1. The Morgan fingerprint density at radius 1 is 1.27 bits per heavy atom. The second-order valence-electron chi connectivity index (χ2n) is 2.24. The van der Waals surface area contributed by atoms with Crippen LogP contribution >= 0.6 is 0 Å². The van der Waals surface area contributed by atoms with Crippen LogP contribution in [0.4, 0.5) is 4.39 Å². The van der Waals surface area contributed by atoms with Crippen LogP contribution in [0.25, 0.3) is 10.9 Å². The van der Waals surface area contributed by atoms with Gasteiger partial charge in [0.2, 0.25) is 5.95 Å². The van der Waals surface area contributed by atoms with Crippen LogP contribution in [0, 0.1) is 12.0 Å². The maximum atomic E-state index is 12.5. The van der Waals surface area contributed by atoms with Gasteiger partial charge in [-0.15, -0.1) is 0 Å². The zero-order chi connectivity index (χ0) is 7.68. The summed E-state index contributed by atoms with van der Waals surface area (Å²) in [5, 5.41) is 0.842. The van der Waals surface area contributed by atoms with Crippen LogP contribution < -0.4 is 0 Å². The third kappa shape index (κ3) is 1.07. The van der Waals surface area contributed by atoms with Gasteiger partial charge in [-0.3, -0.25) is 0 Å². The molecule has 0 aliphatic carbocycles. The zero-order valence-electron chi connectivity index (χ0n) is 5.71. The Labute approximate surface area is 63.5 Å². The molecule has 11 heavy (non-hydrogen) atoms. The fourth-order valence-corrected chi connectivity index (χ4v) is 0.978. The maximum Gasteiger partial charge on any atom is 0.214 e. The molecule has 1 aromatic heterocycles. The van der Waals surface area contributed by atoms with Crippen molar-refractivity contribution < 1.29 is 4.39 Å². The first kappa shape index (κ1) is 6.28. The van der Waals surface area contributed by atoms with E-state index in [1.54, 1.807) is 6.07 Å². The summed E-state index contributed by atoms with van der Waals surface area (Å²) in [4.78, 5) is 3.68. The first-order valence-electron chi connectivity index (χ1n) is 3.29. The van der Waals surface area contributed by atoms with Crippen LogP contribution in [0.2, 0.25) is 0 Å². The van der Waals surface area contributed by atoms with Gasteiger partial charge in [-0.1, -0.05) is 18.2 Å². The highest BCUT2D eigenvalue weighted by atomic mass is 19.1. The van der Waals surface area contributed by atoms with Crippen molar-refractivity contribution in [1.82, 2.24) is 4.98 Å². The highest BCUT2D eigenvalue weighted by Crippen LogP contribution is 2.09. The molecule has 0 unspecified atom stereocenters. The van der Waals surface area contributed by atoms with Crippen LogP contribution in [0.5, 0.6) is 0 Å². The van der Waals surface area contributed by atoms with Gasteiger partial charge < -0.3 is 0 Å². The van der Waals surface area contributed by atoms with E-state index in [0.29, 0.717) is 5.52 Å². The molecule has 0 N–H and O–H groups in total. The van der Waals surface area contributed by atoms with Crippen LogP contribution in [-0.2, 0) is 0 Å². The Kier molecular flexibility index (Phi) is 1.32. The molecule has 53 valence electrons. The minimum atomic E-state index is -0.483. The summed E-state index contributed by atoms with van der Waals surface area (Å²) in [6, 6.07) is 11.3. The normalized spacial score (nSPS) is 10.3. The van der Waals surface area contributed by atoms with E-state index in [0.717, 1.165) is 5.39 Å². The van der Waals surface area contributed by atoms with Gasteiger partial charge in [0.15, 0.2) is 0 Å². The Hall–Kier alpha value is -1.44. The summed E-state index contributed by atoms with van der Waals surface area (Å²) in [5.41, 5.74) is 0.646. The molecule has 0 fully saturated rings. The number of para-hydroxylation sites is 1. The fourth-order valence-electron chi connectivity index (χ4n) is 0.978. The van der Waals surface area contributed by atoms with Crippen molar-refractivity contribution in [2.75, 3.05) is 0 Å². The second-order valence-corrected chi connectivity index (χ2v) is 2.24. The number of pyridine rings is 1. The van der Waals surface area contributed by atoms with E-state index in [9.17, 15) is 4.39 Å². The molecule has 0 saturated carbocycles. The maximum absolute atomic E-state index is 12.5. The predicted molar refractivity (Wildman–Crippen MR) is 40.5 cm³/mol. The Morgan fingerprint density at radius 2 is 2.09 bits per heavy atom. The highest BCUT2D eigenvalue weighted by Gasteiger charge is 1.94. The van der Waals surface area contributed by atoms with Gasteiger partial charge in [0.05, 0.1) is 5.52 Å². The predicted octanol–water partition coefficient (Wildman–Crippen LogP) is 2.17. The Balaban J connectivity index is 2.83. The minimum absolute atomic E-state index is 0.483. The summed E-state index contributed by atoms with van der Waals surface area (Å²) < 4.78 is 12.5. The van der Waals surface area contributed by atoms with E-state index in [-0.39, 0.29) is 0 Å². The lowest BCUT2D eigenvalue weighted by Crippen LogP contribution is -1.82. The van der Waals surface area contributed by atoms with Crippen LogP contribution in [-0.4, -0.2) is 4.98 Å². The summed E-state index contributed by atoms with van der Waals surface area (Å²) in [7, 11) is 0. The van der Waals surface area contributed by atoms with Crippen molar-refractivity contribution in [3.05, 3.63) is 42.3 Å². The molecule has 2 aromatic rings. The van der Waals surface area contributed by atoms with Gasteiger partial charge in [-0.2, -0.15) is 4.39 Å². The lowest BCUT2D eigenvalue weighted by Gasteiger charge is -1.93. The van der Waals surface area contributed by atoms with E-state index in [1.165, 1.54) is 6.07 Å². The Bertz CT molecular complexity index is 384. The monoisotopic (exact) mass is 146 g/mol. The van der Waals surface area contributed by atoms with Crippen LogP contribution in [0.1, 0.15) is 0 Å². The topological polar surface area (TPSA) is 12.9 Å². The average Bonchev–Trinajstić information content (AvgIpc) is 2.04. The molecule has 0 bridgehead atoms. The van der Waals surface area contributed by atoms with E-state index in [4.69, 9.17) is 0 Å². The summed E-state index contributed by atoms with van der Waals surface area (Å²) in [5.74, 6) is -0.483. The van der Waals surface area contributed by atoms with E-state index in [1.807, 2.05) is 18.2 Å². The number of hydrogen-bond acceptors (Lipinski definition) is 1. The van der Waals surface area contributed by atoms with Crippen molar-refractivity contribution in [2.45, 2.75) is 0 Å². The number of aromatic nitrogens is 1. The molecule has 0 aliphatic rings. The lowest BCUT2D eigenvalue weighted by molar-refractivity contribution is 0.589. The standard InChI is InChI=1S/C9H5FN/c10-9-6-5-7-3-1-2-4-8(7)11-9/h1-4,6H. The van der Waals surface area contributed by atoms with Gasteiger partial charge in [-0.05, 0) is 12.1 Å². The SMILES string of the molecule is Fc1c[c]c2ccccc2n1. The first-order chi connectivity index (χ1) is 5.36. The third-order valence-corrected chi connectivity index (χ3v) is 1.48. The quantitative estimate of drug-likeness (QED) is 0.519. The van der Waals surface area contributed by atoms with Crippen molar-refractivity contribution in [3.8, 4) is 0 Å². The average molecular weight is 146 g/mol. The number of nitrogens with zero attached hydrogens (tertiary/aromatic N) is 1. The fraction of sp³-hybridized carbons (Fsp3) is 0. The number of rotatable bonds is 0. The van der Waals surface area contributed by atoms with Gasteiger partial charge >= 0.3 is 0 Å². The van der Waals surface area contributed by atoms with Crippen LogP contribution in [0.3, 0.4) is 0 Å². The third-order valence-electron chi connectivity index (χ3n) is 1.48. The summed E-state index contributed by atoms with van der Waals surface area (Å²) in [6.07, 6.45) is 0. The highest BCUT2D eigenvalue weighted by molar-refractivity contribution is 5.77. The molecule has 1 heterocycles. The zero-order valence-corrected chi connectivity index (χ0v) is 5.71. The minimum Gasteiger partial charge on any atom is -0.220 e. The molecular formula is C9H5FN. The van der Waals surface area contributed by atoms with E-state index < -0.39 is 5.95 Å². The molecule has 1 nitrogen and oxygen atoms in total. The number of hydrogen-bond donors (Lipinski definition) is 0. The van der Waals surface area contributed by atoms with Crippen molar-refractivity contribution in [1.29, 1.82) is 0 Å². The van der Waals surface area contributed by atoms with E-state index >= 15 is 0 Å². The van der Waals surface area contributed by atoms with Crippen LogP contribution in [0.15, 0.2) is 30.3 Å². The van der Waals surface area contributed by atoms with Crippen molar-refractivity contribution in [3.63, 3.8) is 0 Å². The molecule has 0 amide bonds. The smallest absolute Gasteiger partial charge is 0.214 e. The van der Waals surface area contributed by atoms with E-state index in [2.05, 4.69) is 11.1 Å². The van der Waals surface area contributed by atoms with Crippen molar-refractivity contribution in [2.24, 2.45) is 0 Å². The van der Waals surface area contributed by atoms with Gasteiger partial charge in [0.1, 0.15) is 0 Å². The molecule has 0 spiro atoms. The number of fused-ring (bicyclic) bond motifs is 1. The summed E-state index contributed by atoms with van der Waals surface area (Å²) in [6.45, 7) is 0. The molecule has 0 aliphatic heterocycles. The number of halogens is 1. The van der Waals surface area contributed by atoms with Gasteiger partial charge in [0, 0.05) is 11.5 Å². The lowest BCUT2D eigenvalue weighted by atomic mass is 10.2. The Morgan fingerprint density at radius 3 is 3.00 bits per heavy atom. The molecule has 1 radical (unpaired) electrons. The molecule has 1 aromatic carbocycles. The first-order valence-corrected chi connectivity index (χ1v) is 3.29. The molecule has 2 heteroatoms. The van der Waals surface area contributed by atoms with Crippen molar-refractivity contribution >= 4 is 10.9 Å². The molecule has 0 saturated heterocycles. The second kappa shape index (κ2) is 2.31. The molecule has 0 atom stereocenters. The largest absolute Gasteiger partial charge is 0.220 e. The molecule has 2 rings (SSSR count). The van der Waals surface area contributed by atoms with Gasteiger partial charge in [-0.25, -0.2) is 4.98 Å².